The van der Waals surface area contributed by atoms with Gasteiger partial charge in [0.15, 0.2) is 0 Å². The Kier molecular flexibility index (Phi) is 6.66. The van der Waals surface area contributed by atoms with Gasteiger partial charge in [0.25, 0.3) is 0 Å². The third-order valence-corrected chi connectivity index (χ3v) is 4.16. The monoisotopic (exact) mass is 331 g/mol. The lowest BCUT2D eigenvalue weighted by Gasteiger charge is -2.22. The number of benzene rings is 1. The third kappa shape index (κ3) is 5.10. The van der Waals surface area contributed by atoms with Crippen molar-refractivity contribution in [3.8, 4) is 6.07 Å². The minimum Gasteiger partial charge on any atom is -0.379 e. The smallest absolute Gasteiger partial charge is 0.225 e. The first-order valence-corrected chi connectivity index (χ1v) is 8.01. The van der Waals surface area contributed by atoms with Crippen molar-refractivity contribution in [2.75, 3.05) is 33.4 Å². The second-order valence-electron chi connectivity index (χ2n) is 5.51. The molecule has 0 aromatic heterocycles. The van der Waals surface area contributed by atoms with Crippen LogP contribution >= 0.6 is 12.6 Å². The van der Waals surface area contributed by atoms with Crippen LogP contribution in [-0.4, -0.2) is 44.2 Å². The number of hydrogen-bond donors (Lipinski definition) is 2. The average molecular weight is 331 g/mol. The molecule has 1 unspecified atom stereocenters. The lowest BCUT2D eigenvalue weighted by molar-refractivity contribution is -0.120. The van der Waals surface area contributed by atoms with Crippen molar-refractivity contribution < 1.29 is 9.53 Å². The first-order chi connectivity index (χ1) is 11.1. The molecule has 0 bridgehead atoms. The first-order valence-electron chi connectivity index (χ1n) is 7.56. The van der Waals surface area contributed by atoms with Crippen LogP contribution in [0.15, 0.2) is 40.9 Å². The quantitative estimate of drug-likeness (QED) is 0.772. The molecule has 1 fully saturated rings. The second-order valence-corrected chi connectivity index (χ2v) is 5.95. The largest absolute Gasteiger partial charge is 0.379 e. The van der Waals surface area contributed by atoms with E-state index in [1.807, 2.05) is 30.3 Å². The zero-order chi connectivity index (χ0) is 16.7. The summed E-state index contributed by atoms with van der Waals surface area (Å²) in [5, 5.41) is 12.0. The van der Waals surface area contributed by atoms with Crippen molar-refractivity contribution in [3.05, 3.63) is 46.5 Å². The molecular weight excluding hydrogens is 310 g/mol. The molecule has 1 N–H and O–H groups in total. The van der Waals surface area contributed by atoms with Crippen LogP contribution in [0, 0.1) is 11.3 Å². The summed E-state index contributed by atoms with van der Waals surface area (Å²) >= 11 is 4.13. The van der Waals surface area contributed by atoms with E-state index in [4.69, 9.17) is 10.00 Å². The number of ether oxygens (including phenoxy) is 1. The Hall–Kier alpha value is -1.81. The predicted octanol–water partition coefficient (Wildman–Crippen LogP) is 1.90. The van der Waals surface area contributed by atoms with E-state index in [2.05, 4.69) is 36.0 Å². The minimum absolute atomic E-state index is 0.0992. The highest BCUT2D eigenvalue weighted by atomic mass is 32.1. The van der Waals surface area contributed by atoms with Crippen molar-refractivity contribution in [2.45, 2.75) is 12.3 Å². The van der Waals surface area contributed by atoms with Crippen LogP contribution in [0.4, 0.5) is 0 Å². The molecular formula is C17H21N3O2S. The fourth-order valence-electron chi connectivity index (χ4n) is 2.46. The number of carbonyl (C=O) groups is 1. The summed E-state index contributed by atoms with van der Waals surface area (Å²) in [7, 11) is 2.11. The minimum atomic E-state index is -0.174. The summed E-state index contributed by atoms with van der Waals surface area (Å²) in [4.78, 5) is 13.7. The highest BCUT2D eigenvalue weighted by Gasteiger charge is 2.27. The van der Waals surface area contributed by atoms with Gasteiger partial charge in [-0.3, -0.25) is 4.79 Å². The second kappa shape index (κ2) is 8.73. The van der Waals surface area contributed by atoms with Gasteiger partial charge in [0.05, 0.1) is 29.9 Å². The highest BCUT2D eigenvalue weighted by molar-refractivity contribution is 7.84. The molecule has 1 aromatic rings. The Labute approximate surface area is 142 Å². The van der Waals surface area contributed by atoms with E-state index in [1.165, 1.54) is 0 Å². The molecule has 2 aliphatic rings. The number of hydrogen-bond acceptors (Lipinski definition) is 5. The van der Waals surface area contributed by atoms with Crippen LogP contribution in [-0.2, 0) is 9.53 Å². The maximum Gasteiger partial charge on any atom is 0.225 e. The highest BCUT2D eigenvalue weighted by Crippen LogP contribution is 2.32. The van der Waals surface area contributed by atoms with Gasteiger partial charge in [-0.25, -0.2) is 0 Å². The molecule has 6 heteroatoms. The number of amides is 1. The van der Waals surface area contributed by atoms with E-state index in [-0.39, 0.29) is 11.8 Å². The topological polar surface area (TPSA) is 65.4 Å². The lowest BCUT2D eigenvalue weighted by atomic mass is 9.87. The molecule has 0 radical (unpaired) electrons. The van der Waals surface area contributed by atoms with Crippen molar-refractivity contribution in [1.29, 1.82) is 5.26 Å². The fraction of sp³-hybridized carbons (Fsp3) is 0.412. The Bertz CT molecular complexity index is 604. The Morgan fingerprint density at radius 2 is 1.96 bits per heavy atom. The van der Waals surface area contributed by atoms with Crippen molar-refractivity contribution in [3.63, 3.8) is 0 Å². The van der Waals surface area contributed by atoms with Crippen molar-refractivity contribution >= 4 is 18.5 Å². The van der Waals surface area contributed by atoms with Crippen LogP contribution in [0.5, 0.6) is 0 Å². The zero-order valence-electron chi connectivity index (χ0n) is 13.2. The van der Waals surface area contributed by atoms with E-state index in [1.54, 1.807) is 0 Å². The van der Waals surface area contributed by atoms with Crippen molar-refractivity contribution in [2.24, 2.45) is 0 Å². The van der Waals surface area contributed by atoms with Gasteiger partial charge in [-0.1, -0.05) is 30.3 Å². The van der Waals surface area contributed by atoms with E-state index in [0.717, 1.165) is 31.9 Å². The maximum absolute atomic E-state index is 11.4. The average Bonchev–Trinajstić information content (AvgIpc) is 2.56. The van der Waals surface area contributed by atoms with E-state index in [0.29, 0.717) is 17.0 Å². The van der Waals surface area contributed by atoms with Gasteiger partial charge in [0.2, 0.25) is 5.91 Å². The molecule has 1 amide bonds. The number of likely N-dealkylation sites (N-methyl/N-ethyl adjacent to an activating group) is 1. The molecule has 0 spiro atoms. The van der Waals surface area contributed by atoms with Gasteiger partial charge in [-0.05, 0) is 12.6 Å². The molecule has 1 aromatic carbocycles. The number of carbonyl (C=O) groups excluding carboxylic acids is 1. The lowest BCUT2D eigenvalue weighted by Crippen LogP contribution is -2.32. The normalized spacial score (nSPS) is 21.8. The third-order valence-electron chi connectivity index (χ3n) is 3.81. The summed E-state index contributed by atoms with van der Waals surface area (Å²) in [5.41, 5.74) is 1.49. The van der Waals surface area contributed by atoms with Gasteiger partial charge in [0.1, 0.15) is 0 Å². The van der Waals surface area contributed by atoms with Crippen molar-refractivity contribution in [1.82, 2.24) is 10.2 Å². The summed E-state index contributed by atoms with van der Waals surface area (Å²) in [5.74, 6) is -0.273. The maximum atomic E-state index is 11.4. The summed E-state index contributed by atoms with van der Waals surface area (Å²) in [6.45, 7) is 4.02. The first kappa shape index (κ1) is 17.5. The molecule has 1 saturated heterocycles. The summed E-state index contributed by atoms with van der Waals surface area (Å²) in [6.07, 6.45) is 0.303. The van der Waals surface area contributed by atoms with Crippen LogP contribution in [0.2, 0.25) is 0 Å². The van der Waals surface area contributed by atoms with Crippen LogP contribution < -0.4 is 5.32 Å². The molecule has 0 saturated carbocycles. The van der Waals surface area contributed by atoms with Gasteiger partial charge in [-0.2, -0.15) is 5.26 Å². The molecule has 5 nitrogen and oxygen atoms in total. The standard InChI is InChI=1S/C12H10N2OS.C5H11NO/c13-7-10-9(6-11(15)14-12(10)16)8-4-2-1-3-5-8;1-6-2-4-7-5-3-6/h1-5,9,16H,6H2,(H,14,15);2-5H2,1H3. The van der Waals surface area contributed by atoms with E-state index >= 15 is 0 Å². The van der Waals surface area contributed by atoms with Gasteiger partial charge < -0.3 is 15.0 Å². The van der Waals surface area contributed by atoms with Crippen LogP contribution in [0.25, 0.3) is 0 Å². The Morgan fingerprint density at radius 3 is 2.48 bits per heavy atom. The number of nitriles is 1. The van der Waals surface area contributed by atoms with Crippen LogP contribution in [0.1, 0.15) is 17.9 Å². The summed E-state index contributed by atoms with van der Waals surface area (Å²) < 4.78 is 5.10. The van der Waals surface area contributed by atoms with Crippen LogP contribution in [0.3, 0.4) is 0 Å². The zero-order valence-corrected chi connectivity index (χ0v) is 14.1. The van der Waals surface area contributed by atoms with Gasteiger partial charge in [0, 0.05) is 25.4 Å². The Morgan fingerprint density at radius 1 is 1.30 bits per heavy atom. The fourth-order valence-corrected chi connectivity index (χ4v) is 2.79. The van der Waals surface area contributed by atoms with Gasteiger partial charge >= 0.3 is 0 Å². The Balaban J connectivity index is 0.000000229. The molecule has 2 aliphatic heterocycles. The van der Waals surface area contributed by atoms with E-state index in [9.17, 15) is 4.79 Å². The molecule has 122 valence electrons. The molecule has 1 atom stereocenters. The molecule has 23 heavy (non-hydrogen) atoms. The molecule has 2 heterocycles. The van der Waals surface area contributed by atoms with E-state index < -0.39 is 0 Å². The molecule has 3 rings (SSSR count). The number of allylic oxidation sites excluding steroid dienone is 1. The SMILES string of the molecule is CN1CCOCC1.N#CC1=C(S)NC(=O)CC1c1ccccc1. The number of nitrogens with one attached hydrogen (secondary N) is 1. The number of rotatable bonds is 1. The molecule has 0 aliphatic carbocycles. The summed E-state index contributed by atoms with van der Waals surface area (Å²) in [6, 6.07) is 11.7. The van der Waals surface area contributed by atoms with Gasteiger partial charge in [-0.15, -0.1) is 12.6 Å². The number of thiol groups is 1. The predicted molar refractivity (Wildman–Crippen MR) is 91.9 cm³/mol. The number of morpholine rings is 1. The number of nitrogens with zero attached hydrogens (tertiary/aromatic N) is 2.